The molecule has 3 atom stereocenters. The van der Waals surface area contributed by atoms with Crippen molar-refractivity contribution in [1.29, 1.82) is 0 Å². The van der Waals surface area contributed by atoms with E-state index in [1.807, 2.05) is 60.9 Å². The Hall–Kier alpha value is -7.81. The van der Waals surface area contributed by atoms with Crippen LogP contribution in [0.5, 0.6) is 28.7 Å². The van der Waals surface area contributed by atoms with E-state index in [0.717, 1.165) is 28.0 Å². The van der Waals surface area contributed by atoms with Crippen molar-refractivity contribution in [2.75, 3.05) is 46.4 Å². The van der Waals surface area contributed by atoms with Crippen molar-refractivity contribution in [3.05, 3.63) is 119 Å². The second-order valence-corrected chi connectivity index (χ2v) is 17.1. The zero-order chi connectivity index (χ0) is 47.3. The molecule has 1 aliphatic carbocycles. The fraction of sp³-hybridized carbons (Fsp3) is 0.302. The lowest BCUT2D eigenvalue weighted by atomic mass is 9.89. The zero-order valence-corrected chi connectivity index (χ0v) is 38.1. The number of rotatable bonds is 18. The number of amides is 4. The summed E-state index contributed by atoms with van der Waals surface area (Å²) < 4.78 is 29.0. The maximum absolute atomic E-state index is 14.0. The number of hydrogen-bond acceptors (Lipinski definition) is 12. The second kappa shape index (κ2) is 20.0. The SMILES string of the molecule is COc1ccc(C2=CC3C(=O)c4cc(OC)c(OCCCOc5cc6c(cc5OC)C(=O)N5C=C(c7ccc(NC(=O)CCCCCN8C(=O)C=CC8=O)cc7)C[C@H]5C=N6)cc4N=C[C@@H]3C2)cc1. The van der Waals surface area contributed by atoms with Gasteiger partial charge in [0.2, 0.25) is 5.91 Å². The summed E-state index contributed by atoms with van der Waals surface area (Å²) in [6.45, 7) is 0.909. The van der Waals surface area contributed by atoms with E-state index in [0.29, 0.717) is 103 Å². The number of ketones is 1. The molecule has 4 aliphatic heterocycles. The van der Waals surface area contributed by atoms with Gasteiger partial charge in [-0.15, -0.1) is 0 Å². The van der Waals surface area contributed by atoms with Crippen LogP contribution in [0.1, 0.15) is 76.8 Å². The van der Waals surface area contributed by atoms with Crippen LogP contribution in [0.3, 0.4) is 0 Å². The van der Waals surface area contributed by atoms with Crippen molar-refractivity contribution in [2.24, 2.45) is 21.8 Å². The Morgan fingerprint density at radius 2 is 1.31 bits per heavy atom. The van der Waals surface area contributed by atoms with Gasteiger partial charge in [0.05, 0.1) is 57.5 Å². The molecule has 348 valence electrons. The molecule has 0 saturated heterocycles. The van der Waals surface area contributed by atoms with Gasteiger partial charge in [0.15, 0.2) is 28.8 Å². The predicted molar refractivity (Wildman–Crippen MR) is 257 cm³/mol. The summed E-state index contributed by atoms with van der Waals surface area (Å²) in [4.78, 5) is 76.2. The molecule has 15 nitrogen and oxygen atoms in total. The van der Waals surface area contributed by atoms with E-state index < -0.39 is 0 Å². The average Bonchev–Trinajstić information content (AvgIpc) is 4.04. The highest BCUT2D eigenvalue weighted by molar-refractivity contribution is 6.13. The molecule has 15 heteroatoms. The van der Waals surface area contributed by atoms with Gasteiger partial charge in [0, 0.05) is 91.8 Å². The Morgan fingerprint density at radius 3 is 1.99 bits per heavy atom. The molecule has 0 saturated carbocycles. The predicted octanol–water partition coefficient (Wildman–Crippen LogP) is 8.57. The molecule has 68 heavy (non-hydrogen) atoms. The van der Waals surface area contributed by atoms with E-state index in [-0.39, 0.29) is 60.5 Å². The lowest BCUT2D eigenvalue weighted by Crippen LogP contribution is -2.32. The van der Waals surface area contributed by atoms with Crippen LogP contribution in [-0.4, -0.2) is 98.8 Å². The van der Waals surface area contributed by atoms with Crippen LogP contribution < -0.4 is 29.0 Å². The Labute approximate surface area is 393 Å². The Kier molecular flexibility index (Phi) is 13.3. The fourth-order valence-electron chi connectivity index (χ4n) is 9.07. The maximum Gasteiger partial charge on any atom is 0.260 e. The Bertz CT molecular complexity index is 2790. The zero-order valence-electron chi connectivity index (χ0n) is 38.1. The van der Waals surface area contributed by atoms with Crippen LogP contribution >= 0.6 is 0 Å². The van der Waals surface area contributed by atoms with Crippen molar-refractivity contribution in [2.45, 2.75) is 51.0 Å². The van der Waals surface area contributed by atoms with E-state index in [9.17, 15) is 24.0 Å². The molecule has 4 aromatic rings. The van der Waals surface area contributed by atoms with Gasteiger partial charge in [-0.25, -0.2) is 0 Å². The molecule has 0 radical (unpaired) electrons. The van der Waals surface area contributed by atoms with Crippen LogP contribution in [0.4, 0.5) is 17.1 Å². The van der Waals surface area contributed by atoms with Crippen molar-refractivity contribution in [1.82, 2.24) is 9.80 Å². The monoisotopic (exact) mass is 917 g/mol. The highest BCUT2D eigenvalue weighted by Gasteiger charge is 2.37. The van der Waals surface area contributed by atoms with Crippen LogP contribution in [0, 0.1) is 11.8 Å². The molecule has 5 aliphatic rings. The van der Waals surface area contributed by atoms with E-state index in [1.54, 1.807) is 49.6 Å². The third kappa shape index (κ3) is 9.55. The Morgan fingerprint density at radius 1 is 0.676 bits per heavy atom. The van der Waals surface area contributed by atoms with Gasteiger partial charge in [-0.2, -0.15) is 0 Å². The normalized spacial score (nSPS) is 18.8. The molecule has 0 spiro atoms. The third-order valence-corrected chi connectivity index (χ3v) is 12.8. The molecule has 4 heterocycles. The summed E-state index contributed by atoms with van der Waals surface area (Å²) in [7, 11) is 4.70. The number of unbranched alkanes of at least 4 members (excludes halogenated alkanes) is 2. The quantitative estimate of drug-likeness (QED) is 0.0752. The highest BCUT2D eigenvalue weighted by atomic mass is 16.5. The maximum atomic E-state index is 14.0. The number of anilines is 1. The van der Waals surface area contributed by atoms with Gasteiger partial charge in [0.1, 0.15) is 5.75 Å². The average molecular weight is 918 g/mol. The number of Topliss-reactive ketones (excluding diaryl/α,β-unsaturated/α-hetero) is 1. The molecule has 1 N–H and O–H groups in total. The van der Waals surface area contributed by atoms with Crippen LogP contribution in [0.25, 0.3) is 11.1 Å². The van der Waals surface area contributed by atoms with Crippen LogP contribution in [-0.2, 0) is 14.4 Å². The van der Waals surface area contributed by atoms with Gasteiger partial charge in [-0.05, 0) is 77.9 Å². The first-order chi connectivity index (χ1) is 33.1. The van der Waals surface area contributed by atoms with Crippen LogP contribution in [0.15, 0.2) is 107 Å². The van der Waals surface area contributed by atoms with Gasteiger partial charge in [0.25, 0.3) is 17.7 Å². The minimum absolute atomic E-state index is 0.00694. The molecule has 0 bridgehead atoms. The van der Waals surface area contributed by atoms with E-state index >= 15 is 0 Å². The third-order valence-electron chi connectivity index (χ3n) is 12.8. The standard InChI is InChI=1S/C53H51N5O10/c1-64-39-15-11-32(12-16-39)34-22-35-29-54-43-27-47(45(65-2)25-41(43)52(62)40(35)24-34)67-20-7-21-68-48-28-44-42(26-46(48)66-3)53(63)58-31-36(23-38(58)30-55-44)33-9-13-37(14-10-33)56-49(59)8-5-4-6-19-57-50(60)17-18-51(57)61/h9-18,24-31,35,38,40H,4-8,19-23H2,1-3H3,(H,56,59)/t35-,38-,40?/m0/s1. The lowest BCUT2D eigenvalue weighted by molar-refractivity contribution is -0.136. The van der Waals surface area contributed by atoms with Gasteiger partial charge in [-0.3, -0.25) is 38.9 Å². The molecular weight excluding hydrogens is 867 g/mol. The molecule has 4 amide bonds. The number of carbonyl (C=O) groups excluding carboxylic acids is 5. The number of aliphatic imine (C=N–C) groups is 2. The largest absolute Gasteiger partial charge is 0.497 e. The van der Waals surface area contributed by atoms with Crippen molar-refractivity contribution in [3.8, 4) is 28.7 Å². The number of hydrogen-bond donors (Lipinski definition) is 1. The summed E-state index contributed by atoms with van der Waals surface area (Å²) in [6, 6.07) is 21.9. The number of carbonyl (C=O) groups is 5. The summed E-state index contributed by atoms with van der Waals surface area (Å²) >= 11 is 0. The molecule has 0 fully saturated rings. The van der Waals surface area contributed by atoms with E-state index in [2.05, 4.69) is 11.4 Å². The second-order valence-electron chi connectivity index (χ2n) is 17.1. The van der Waals surface area contributed by atoms with Gasteiger partial charge in [-0.1, -0.05) is 36.8 Å². The fourth-order valence-corrected chi connectivity index (χ4v) is 9.07. The first kappa shape index (κ1) is 45.4. The molecule has 9 rings (SSSR count). The first-order valence-electron chi connectivity index (χ1n) is 22.7. The van der Waals surface area contributed by atoms with Crippen molar-refractivity contribution < 1.29 is 47.7 Å². The van der Waals surface area contributed by atoms with Crippen LogP contribution in [0.2, 0.25) is 0 Å². The number of ether oxygens (including phenoxy) is 5. The van der Waals surface area contributed by atoms with Gasteiger partial charge < -0.3 is 33.9 Å². The highest BCUT2D eigenvalue weighted by Crippen LogP contribution is 2.44. The molecule has 0 aromatic heterocycles. The number of methoxy groups -OCH3 is 3. The number of imide groups is 1. The lowest BCUT2D eigenvalue weighted by Gasteiger charge is -2.19. The number of nitrogens with one attached hydrogen (secondary N) is 1. The number of benzene rings is 4. The van der Waals surface area contributed by atoms with Crippen molar-refractivity contribution >= 4 is 70.0 Å². The van der Waals surface area contributed by atoms with E-state index in [4.69, 9.17) is 33.7 Å². The summed E-state index contributed by atoms with van der Waals surface area (Å²) in [6.07, 6.45) is 14.2. The summed E-state index contributed by atoms with van der Waals surface area (Å²) in [5.41, 5.74) is 6.60. The number of fused-ring (bicyclic) bond motifs is 4. The number of nitrogens with zero attached hydrogens (tertiary/aromatic N) is 4. The molecular formula is C53H51N5O10. The minimum Gasteiger partial charge on any atom is -0.497 e. The molecule has 4 aromatic carbocycles. The smallest absolute Gasteiger partial charge is 0.260 e. The first-order valence-corrected chi connectivity index (χ1v) is 22.7. The Balaban J connectivity index is 0.766. The minimum atomic E-state index is -0.329. The van der Waals surface area contributed by atoms with E-state index in [1.165, 1.54) is 24.2 Å². The molecule has 1 unspecified atom stereocenters. The van der Waals surface area contributed by atoms with Gasteiger partial charge >= 0.3 is 0 Å². The summed E-state index contributed by atoms with van der Waals surface area (Å²) in [5.74, 6) is 1.22. The topological polar surface area (TPSA) is 175 Å². The number of allylic oxidation sites excluding steroid dienone is 2. The summed E-state index contributed by atoms with van der Waals surface area (Å²) in [5, 5.41) is 2.93. The van der Waals surface area contributed by atoms with Crippen molar-refractivity contribution in [3.63, 3.8) is 0 Å².